The Morgan fingerprint density at radius 2 is 2.36 bits per heavy atom. The molecule has 0 bridgehead atoms. The second-order valence-corrected chi connectivity index (χ2v) is 3.38. The van der Waals surface area contributed by atoms with E-state index in [0.29, 0.717) is 6.54 Å². The predicted octanol–water partition coefficient (Wildman–Crippen LogP) is 0.896. The second kappa shape index (κ2) is 2.54. The average molecular weight is 187 g/mol. The Hall–Kier alpha value is -1.91. The normalized spacial score (nSPS) is 12.9. The lowest BCUT2D eigenvalue weighted by molar-refractivity contribution is 0.754. The van der Waals surface area contributed by atoms with Gasteiger partial charge in [0, 0.05) is 0 Å². The molecule has 3 rings (SSSR count). The molecule has 0 saturated carbocycles. The molecule has 1 aliphatic heterocycles. The van der Waals surface area contributed by atoms with Crippen molar-refractivity contribution < 1.29 is 0 Å². The minimum atomic E-state index is 0.684. The highest BCUT2D eigenvalue weighted by Gasteiger charge is 2.17. The van der Waals surface area contributed by atoms with Gasteiger partial charge in [0.25, 0.3) is 0 Å². The third kappa shape index (κ3) is 0.921. The molecule has 14 heavy (non-hydrogen) atoms. The zero-order chi connectivity index (χ0) is 9.54. The van der Waals surface area contributed by atoms with Crippen LogP contribution >= 0.6 is 0 Å². The molecule has 2 heterocycles. The fraction of sp³-hybridized carbons (Fsp3) is 0.222. The van der Waals surface area contributed by atoms with Gasteiger partial charge in [-0.2, -0.15) is 4.68 Å². The van der Waals surface area contributed by atoms with Crippen molar-refractivity contribution in [3.63, 3.8) is 0 Å². The average Bonchev–Trinajstić information content (AvgIpc) is 2.65. The summed E-state index contributed by atoms with van der Waals surface area (Å²) in [5.41, 5.74) is 3.31. The van der Waals surface area contributed by atoms with Crippen LogP contribution in [0.3, 0.4) is 0 Å². The Labute approximate surface area is 80.7 Å². The monoisotopic (exact) mass is 187 g/mol. The molecule has 1 N–H and O–H groups in total. The van der Waals surface area contributed by atoms with Crippen LogP contribution < -0.4 is 5.32 Å². The molecular weight excluding hydrogens is 178 g/mol. The number of aromatic nitrogens is 4. The van der Waals surface area contributed by atoms with Crippen LogP contribution in [-0.2, 0) is 6.54 Å². The zero-order valence-corrected chi connectivity index (χ0v) is 7.73. The van der Waals surface area contributed by atoms with Crippen molar-refractivity contribution in [2.75, 3.05) is 5.32 Å². The summed E-state index contributed by atoms with van der Waals surface area (Å²) in [5, 5.41) is 14.8. The van der Waals surface area contributed by atoms with E-state index in [1.165, 1.54) is 5.56 Å². The Bertz CT molecular complexity index is 488. The lowest BCUT2D eigenvalue weighted by Crippen LogP contribution is -2.16. The number of hydrogen-bond acceptors (Lipinski definition) is 4. The predicted molar refractivity (Wildman–Crippen MR) is 51.2 cm³/mol. The van der Waals surface area contributed by atoms with E-state index in [1.807, 2.05) is 0 Å². The van der Waals surface area contributed by atoms with E-state index in [-0.39, 0.29) is 0 Å². The van der Waals surface area contributed by atoms with Crippen molar-refractivity contribution in [3.05, 3.63) is 29.6 Å². The van der Waals surface area contributed by atoms with E-state index < -0.39 is 0 Å². The topological polar surface area (TPSA) is 55.6 Å². The Morgan fingerprint density at radius 1 is 1.43 bits per heavy atom. The van der Waals surface area contributed by atoms with Gasteiger partial charge >= 0.3 is 0 Å². The van der Waals surface area contributed by atoms with Gasteiger partial charge in [-0.1, -0.05) is 6.07 Å². The minimum Gasteiger partial charge on any atom is -0.376 e. The molecule has 2 aromatic rings. The molecule has 0 fully saturated rings. The fourth-order valence-corrected chi connectivity index (χ4v) is 1.64. The largest absolute Gasteiger partial charge is 0.376 e. The number of aryl methyl sites for hydroxylation is 1. The van der Waals surface area contributed by atoms with Crippen LogP contribution in [0.1, 0.15) is 11.4 Å². The maximum Gasteiger partial charge on any atom is 0.175 e. The lowest BCUT2D eigenvalue weighted by Gasteiger charge is -2.17. The number of benzene rings is 1. The SMILES string of the molecule is Cc1ccc2c(c1)-n1nnnc1CN2. The summed E-state index contributed by atoms with van der Waals surface area (Å²) in [4.78, 5) is 0. The number of nitrogens with one attached hydrogen (secondary N) is 1. The molecule has 1 aromatic heterocycles. The van der Waals surface area contributed by atoms with Gasteiger partial charge in [0.05, 0.1) is 17.9 Å². The molecule has 5 heteroatoms. The molecule has 0 atom stereocenters. The van der Waals surface area contributed by atoms with Gasteiger partial charge in [-0.15, -0.1) is 5.10 Å². The first-order valence-electron chi connectivity index (χ1n) is 4.47. The molecule has 70 valence electrons. The summed E-state index contributed by atoms with van der Waals surface area (Å²) < 4.78 is 1.78. The fourth-order valence-electron chi connectivity index (χ4n) is 1.64. The highest BCUT2D eigenvalue weighted by molar-refractivity contribution is 5.63. The Morgan fingerprint density at radius 3 is 3.29 bits per heavy atom. The summed E-state index contributed by atoms with van der Waals surface area (Å²) in [5.74, 6) is 0.850. The van der Waals surface area contributed by atoms with Crippen LogP contribution in [0.25, 0.3) is 5.69 Å². The smallest absolute Gasteiger partial charge is 0.175 e. The maximum absolute atomic E-state index is 3.95. The van der Waals surface area contributed by atoms with Crippen molar-refractivity contribution in [3.8, 4) is 5.69 Å². The van der Waals surface area contributed by atoms with Crippen LogP contribution in [0.15, 0.2) is 18.2 Å². The number of hydrogen-bond donors (Lipinski definition) is 1. The van der Waals surface area contributed by atoms with E-state index in [2.05, 4.69) is 46.0 Å². The van der Waals surface area contributed by atoms with Crippen LogP contribution in [0, 0.1) is 6.92 Å². The first kappa shape index (κ1) is 7.49. The Balaban J connectivity index is 2.28. The van der Waals surface area contributed by atoms with Gasteiger partial charge in [0.1, 0.15) is 0 Å². The zero-order valence-electron chi connectivity index (χ0n) is 7.73. The summed E-state index contributed by atoms with van der Waals surface area (Å²) in [6.07, 6.45) is 0. The summed E-state index contributed by atoms with van der Waals surface area (Å²) >= 11 is 0. The highest BCUT2D eigenvalue weighted by Crippen LogP contribution is 2.25. The van der Waals surface area contributed by atoms with Crippen LogP contribution in [0.4, 0.5) is 5.69 Å². The lowest BCUT2D eigenvalue weighted by atomic mass is 10.1. The van der Waals surface area contributed by atoms with Gasteiger partial charge < -0.3 is 5.32 Å². The van der Waals surface area contributed by atoms with Gasteiger partial charge in [0.15, 0.2) is 5.82 Å². The molecule has 0 radical (unpaired) electrons. The second-order valence-electron chi connectivity index (χ2n) is 3.38. The molecule has 0 spiro atoms. The summed E-state index contributed by atoms with van der Waals surface area (Å²) in [6.45, 7) is 2.74. The number of fused-ring (bicyclic) bond motifs is 3. The molecule has 0 unspecified atom stereocenters. The highest BCUT2D eigenvalue weighted by atomic mass is 15.6. The van der Waals surface area contributed by atoms with Gasteiger partial charge in [-0.05, 0) is 35.0 Å². The molecule has 1 aliphatic rings. The minimum absolute atomic E-state index is 0.684. The Kier molecular flexibility index (Phi) is 1.36. The summed E-state index contributed by atoms with van der Waals surface area (Å²) in [6, 6.07) is 6.19. The molecule has 0 saturated heterocycles. The number of nitrogens with zero attached hydrogens (tertiary/aromatic N) is 4. The molecule has 0 aliphatic carbocycles. The number of tetrazole rings is 1. The van der Waals surface area contributed by atoms with Crippen LogP contribution in [0.2, 0.25) is 0 Å². The van der Waals surface area contributed by atoms with Crippen molar-refractivity contribution in [2.24, 2.45) is 0 Å². The molecule has 5 nitrogen and oxygen atoms in total. The van der Waals surface area contributed by atoms with Crippen molar-refractivity contribution in [2.45, 2.75) is 13.5 Å². The number of anilines is 1. The third-order valence-corrected chi connectivity index (χ3v) is 2.35. The first-order chi connectivity index (χ1) is 6.84. The van der Waals surface area contributed by atoms with E-state index in [1.54, 1.807) is 4.68 Å². The first-order valence-corrected chi connectivity index (χ1v) is 4.47. The standard InChI is InChI=1S/C9H9N5/c1-6-2-3-7-8(4-6)14-9(5-10-7)11-12-13-14/h2-4,10H,5H2,1H3. The third-order valence-electron chi connectivity index (χ3n) is 2.35. The van der Waals surface area contributed by atoms with Crippen molar-refractivity contribution in [1.29, 1.82) is 0 Å². The van der Waals surface area contributed by atoms with E-state index in [9.17, 15) is 0 Å². The van der Waals surface area contributed by atoms with Gasteiger partial charge in [0.2, 0.25) is 0 Å². The van der Waals surface area contributed by atoms with Crippen LogP contribution in [-0.4, -0.2) is 20.2 Å². The van der Waals surface area contributed by atoms with Crippen molar-refractivity contribution >= 4 is 5.69 Å². The quantitative estimate of drug-likeness (QED) is 0.665. The van der Waals surface area contributed by atoms with Crippen LogP contribution in [0.5, 0.6) is 0 Å². The van der Waals surface area contributed by atoms with Crippen molar-refractivity contribution in [1.82, 2.24) is 20.2 Å². The maximum atomic E-state index is 3.95. The number of rotatable bonds is 0. The van der Waals surface area contributed by atoms with Gasteiger partial charge in [-0.3, -0.25) is 0 Å². The van der Waals surface area contributed by atoms with E-state index in [0.717, 1.165) is 17.2 Å². The molecular formula is C9H9N5. The molecule has 0 amide bonds. The van der Waals surface area contributed by atoms with Gasteiger partial charge in [-0.25, -0.2) is 0 Å². The van der Waals surface area contributed by atoms with E-state index >= 15 is 0 Å². The summed E-state index contributed by atoms with van der Waals surface area (Å²) in [7, 11) is 0. The van der Waals surface area contributed by atoms with E-state index in [4.69, 9.17) is 0 Å². The molecule has 1 aromatic carbocycles.